The van der Waals surface area contributed by atoms with Gasteiger partial charge >= 0.3 is 0 Å². The zero-order valence-corrected chi connectivity index (χ0v) is 12.0. The van der Waals surface area contributed by atoms with E-state index in [2.05, 4.69) is 0 Å². The van der Waals surface area contributed by atoms with E-state index in [4.69, 9.17) is 16.3 Å². The van der Waals surface area contributed by atoms with Gasteiger partial charge in [0.25, 0.3) is 0 Å². The van der Waals surface area contributed by atoms with Gasteiger partial charge in [-0.3, -0.25) is 0 Å². The molecule has 1 nitrogen and oxygen atoms in total. The van der Waals surface area contributed by atoms with E-state index in [1.165, 1.54) is 44.2 Å². The summed E-state index contributed by atoms with van der Waals surface area (Å²) in [6.45, 7) is 1.89. The van der Waals surface area contributed by atoms with Crippen molar-refractivity contribution in [3.8, 4) is 5.75 Å². The van der Waals surface area contributed by atoms with E-state index in [0.29, 0.717) is 0 Å². The zero-order chi connectivity index (χ0) is 13.5. The summed E-state index contributed by atoms with van der Waals surface area (Å²) in [5.41, 5.74) is 1.03. The molecule has 2 unspecified atom stereocenters. The quantitative estimate of drug-likeness (QED) is 0.705. The van der Waals surface area contributed by atoms with Crippen molar-refractivity contribution in [1.29, 1.82) is 0 Å². The van der Waals surface area contributed by atoms with Crippen LogP contribution in [0, 0.1) is 18.2 Å². The third-order valence-electron chi connectivity index (χ3n) is 4.88. The zero-order valence-electron chi connectivity index (χ0n) is 11.3. The predicted molar refractivity (Wildman–Crippen MR) is 75.3 cm³/mol. The first-order chi connectivity index (χ1) is 9.12. The van der Waals surface area contributed by atoms with Gasteiger partial charge in [-0.2, -0.15) is 0 Å². The van der Waals surface area contributed by atoms with Gasteiger partial charge in [-0.25, -0.2) is 4.39 Å². The molecule has 2 aliphatic carbocycles. The molecule has 0 aliphatic heterocycles. The van der Waals surface area contributed by atoms with E-state index in [-0.39, 0.29) is 22.7 Å². The SMILES string of the molecule is Cc1cc(F)ccc1OC1CC(Cl)C12CCCCC2. The molecular weight excluding hydrogens is 263 g/mol. The van der Waals surface area contributed by atoms with E-state index in [0.717, 1.165) is 17.7 Å². The molecule has 104 valence electrons. The molecule has 2 aliphatic rings. The fourth-order valence-corrected chi connectivity index (χ4v) is 4.13. The first-order valence-corrected chi connectivity index (χ1v) is 7.62. The molecule has 0 amide bonds. The molecule has 0 heterocycles. The summed E-state index contributed by atoms with van der Waals surface area (Å²) in [5.74, 6) is 0.598. The summed E-state index contributed by atoms with van der Waals surface area (Å²) in [4.78, 5) is 0. The van der Waals surface area contributed by atoms with Crippen LogP contribution in [-0.4, -0.2) is 11.5 Å². The standard InChI is InChI=1S/C16H20ClFO/c1-11-9-12(18)5-6-13(11)19-15-10-14(17)16(15)7-3-2-4-8-16/h5-6,9,14-15H,2-4,7-8,10H2,1H3. The number of ether oxygens (including phenoxy) is 1. The Bertz CT molecular complexity index is 468. The van der Waals surface area contributed by atoms with Crippen LogP contribution in [0.2, 0.25) is 0 Å². The Balaban J connectivity index is 1.76. The minimum atomic E-state index is -0.207. The van der Waals surface area contributed by atoms with Gasteiger partial charge < -0.3 is 4.74 Å². The van der Waals surface area contributed by atoms with Crippen LogP contribution in [0.1, 0.15) is 44.1 Å². The van der Waals surface area contributed by atoms with E-state index in [9.17, 15) is 4.39 Å². The number of halogens is 2. The molecule has 1 aromatic rings. The molecule has 0 radical (unpaired) electrons. The van der Waals surface area contributed by atoms with Crippen molar-refractivity contribution in [2.24, 2.45) is 5.41 Å². The van der Waals surface area contributed by atoms with Crippen molar-refractivity contribution in [1.82, 2.24) is 0 Å². The number of hydrogen-bond donors (Lipinski definition) is 0. The molecule has 0 bridgehead atoms. The van der Waals surface area contributed by atoms with Crippen LogP contribution in [0.3, 0.4) is 0 Å². The maximum atomic E-state index is 13.1. The van der Waals surface area contributed by atoms with Gasteiger partial charge in [0.15, 0.2) is 0 Å². The summed E-state index contributed by atoms with van der Waals surface area (Å²) in [5, 5.41) is 0.249. The van der Waals surface area contributed by atoms with Crippen molar-refractivity contribution in [3.63, 3.8) is 0 Å². The largest absolute Gasteiger partial charge is 0.489 e. The monoisotopic (exact) mass is 282 g/mol. The van der Waals surface area contributed by atoms with Gasteiger partial charge in [-0.15, -0.1) is 11.6 Å². The van der Waals surface area contributed by atoms with Gasteiger partial charge in [0, 0.05) is 17.2 Å². The molecular formula is C16H20ClFO. The maximum Gasteiger partial charge on any atom is 0.123 e. The van der Waals surface area contributed by atoms with Gasteiger partial charge in [-0.05, 0) is 43.5 Å². The number of hydrogen-bond acceptors (Lipinski definition) is 1. The molecule has 19 heavy (non-hydrogen) atoms. The van der Waals surface area contributed by atoms with Gasteiger partial charge in [0.1, 0.15) is 17.7 Å². The average Bonchev–Trinajstić information content (AvgIpc) is 2.42. The van der Waals surface area contributed by atoms with Crippen LogP contribution < -0.4 is 4.74 Å². The van der Waals surface area contributed by atoms with Crippen LogP contribution >= 0.6 is 11.6 Å². The third kappa shape index (κ3) is 2.24. The molecule has 2 fully saturated rings. The van der Waals surface area contributed by atoms with Crippen LogP contribution in [0.15, 0.2) is 18.2 Å². The number of alkyl halides is 1. The van der Waals surface area contributed by atoms with E-state index in [1.54, 1.807) is 6.07 Å². The van der Waals surface area contributed by atoms with Crippen molar-refractivity contribution in [2.75, 3.05) is 0 Å². The van der Waals surface area contributed by atoms with Crippen molar-refractivity contribution in [2.45, 2.75) is 56.9 Å². The van der Waals surface area contributed by atoms with E-state index >= 15 is 0 Å². The molecule has 0 N–H and O–H groups in total. The Morgan fingerprint density at radius 3 is 2.63 bits per heavy atom. The summed E-state index contributed by atoms with van der Waals surface area (Å²) < 4.78 is 19.3. The normalized spacial score (nSPS) is 29.0. The second-order valence-electron chi connectivity index (χ2n) is 6.01. The Morgan fingerprint density at radius 2 is 2.00 bits per heavy atom. The highest BCUT2D eigenvalue weighted by Gasteiger charge is 2.55. The lowest BCUT2D eigenvalue weighted by atomic mass is 9.58. The molecule has 0 aromatic heterocycles. The number of rotatable bonds is 2. The molecule has 0 saturated heterocycles. The number of benzene rings is 1. The molecule has 2 atom stereocenters. The Morgan fingerprint density at radius 1 is 1.26 bits per heavy atom. The second-order valence-corrected chi connectivity index (χ2v) is 6.54. The summed E-state index contributed by atoms with van der Waals surface area (Å²) >= 11 is 6.47. The average molecular weight is 283 g/mol. The van der Waals surface area contributed by atoms with Crippen molar-refractivity contribution >= 4 is 11.6 Å². The first-order valence-electron chi connectivity index (χ1n) is 7.19. The summed E-state index contributed by atoms with van der Waals surface area (Å²) in [6.07, 6.45) is 7.29. The topological polar surface area (TPSA) is 9.23 Å². The van der Waals surface area contributed by atoms with Gasteiger partial charge in [0.2, 0.25) is 0 Å². The smallest absolute Gasteiger partial charge is 0.123 e. The first kappa shape index (κ1) is 13.2. The Kier molecular flexibility index (Phi) is 3.46. The van der Waals surface area contributed by atoms with E-state index in [1.807, 2.05) is 6.92 Å². The fourth-order valence-electron chi connectivity index (χ4n) is 3.61. The fraction of sp³-hybridized carbons (Fsp3) is 0.625. The third-order valence-corrected chi connectivity index (χ3v) is 5.49. The maximum absolute atomic E-state index is 13.1. The van der Waals surface area contributed by atoms with Gasteiger partial charge in [0.05, 0.1) is 0 Å². The molecule has 1 spiro atoms. The minimum Gasteiger partial charge on any atom is -0.489 e. The van der Waals surface area contributed by atoms with Crippen LogP contribution in [-0.2, 0) is 0 Å². The van der Waals surface area contributed by atoms with Crippen molar-refractivity contribution < 1.29 is 9.13 Å². The molecule has 3 rings (SSSR count). The minimum absolute atomic E-state index is 0.167. The highest BCUT2D eigenvalue weighted by molar-refractivity contribution is 6.21. The summed E-state index contributed by atoms with van der Waals surface area (Å²) in [7, 11) is 0. The lowest BCUT2D eigenvalue weighted by Crippen LogP contribution is -2.58. The highest BCUT2D eigenvalue weighted by atomic mass is 35.5. The van der Waals surface area contributed by atoms with Crippen LogP contribution in [0.5, 0.6) is 5.75 Å². The number of aryl methyl sites for hydroxylation is 1. The van der Waals surface area contributed by atoms with Gasteiger partial charge in [-0.1, -0.05) is 19.3 Å². The molecule has 2 saturated carbocycles. The van der Waals surface area contributed by atoms with Crippen molar-refractivity contribution in [3.05, 3.63) is 29.6 Å². The predicted octanol–water partition coefficient (Wildman–Crippen LogP) is 4.84. The summed E-state index contributed by atoms with van der Waals surface area (Å²) in [6, 6.07) is 4.73. The van der Waals surface area contributed by atoms with Crippen LogP contribution in [0.25, 0.3) is 0 Å². The molecule has 1 aromatic carbocycles. The lowest BCUT2D eigenvalue weighted by Gasteiger charge is -2.55. The second kappa shape index (κ2) is 4.97. The Hall–Kier alpha value is -0.760. The molecule has 3 heteroatoms. The van der Waals surface area contributed by atoms with Crippen LogP contribution in [0.4, 0.5) is 4.39 Å². The highest BCUT2D eigenvalue weighted by Crippen LogP contribution is 2.55. The lowest BCUT2D eigenvalue weighted by molar-refractivity contribution is -0.0653. The van der Waals surface area contributed by atoms with E-state index < -0.39 is 0 Å². The Labute approximate surface area is 119 Å².